The number of amides is 1. The Morgan fingerprint density at radius 2 is 2.12 bits per heavy atom. The number of benzene rings is 1. The summed E-state index contributed by atoms with van der Waals surface area (Å²) in [5, 5.41) is 9.27. The van der Waals surface area contributed by atoms with Gasteiger partial charge in [-0.3, -0.25) is 4.79 Å². The summed E-state index contributed by atoms with van der Waals surface area (Å²) in [5.41, 5.74) is 1.41. The quantitative estimate of drug-likeness (QED) is 0.653. The number of nitrogens with zero attached hydrogens (tertiary/aromatic N) is 2. The first-order valence-corrected chi connectivity index (χ1v) is 9.03. The second kappa shape index (κ2) is 7.04. The molecule has 1 amide bonds. The van der Waals surface area contributed by atoms with E-state index in [4.69, 9.17) is 11.6 Å². The maximum absolute atomic E-state index is 13.0. The van der Waals surface area contributed by atoms with Crippen LogP contribution in [0.2, 0.25) is 5.15 Å². The van der Waals surface area contributed by atoms with E-state index in [1.807, 2.05) is 11.4 Å². The molecule has 1 N–H and O–H groups in total. The second-order valence-corrected chi connectivity index (χ2v) is 7.32. The highest BCUT2D eigenvalue weighted by atomic mass is 79.9. The van der Waals surface area contributed by atoms with Gasteiger partial charge in [0.1, 0.15) is 11.0 Å². The third-order valence-electron chi connectivity index (χ3n) is 3.35. The van der Waals surface area contributed by atoms with Gasteiger partial charge in [0.15, 0.2) is 0 Å². The van der Waals surface area contributed by atoms with Crippen molar-refractivity contribution in [3.63, 3.8) is 0 Å². The molecular formula is C16H12BrClFN3OS. The Labute approximate surface area is 155 Å². The van der Waals surface area contributed by atoms with E-state index in [-0.39, 0.29) is 16.9 Å². The molecule has 0 fully saturated rings. The van der Waals surface area contributed by atoms with Crippen LogP contribution in [0.4, 0.5) is 4.39 Å². The van der Waals surface area contributed by atoms with E-state index < -0.39 is 0 Å². The minimum absolute atomic E-state index is 0.198. The van der Waals surface area contributed by atoms with Crippen LogP contribution < -0.4 is 5.32 Å². The molecule has 0 saturated carbocycles. The zero-order valence-electron chi connectivity index (χ0n) is 12.5. The average molecular weight is 429 g/mol. The van der Waals surface area contributed by atoms with Crippen LogP contribution in [0.5, 0.6) is 0 Å². The number of aromatic nitrogens is 2. The first kappa shape index (κ1) is 17.1. The molecule has 124 valence electrons. The number of aryl methyl sites for hydroxylation is 1. The Kier molecular flexibility index (Phi) is 5.03. The van der Waals surface area contributed by atoms with Crippen LogP contribution in [-0.2, 0) is 6.54 Å². The van der Waals surface area contributed by atoms with E-state index in [0.717, 1.165) is 9.35 Å². The predicted molar refractivity (Wildman–Crippen MR) is 96.5 cm³/mol. The fourth-order valence-electron chi connectivity index (χ4n) is 2.21. The van der Waals surface area contributed by atoms with Crippen molar-refractivity contribution in [3.05, 3.63) is 67.3 Å². The van der Waals surface area contributed by atoms with Crippen LogP contribution in [0.1, 0.15) is 20.9 Å². The third kappa shape index (κ3) is 3.53. The van der Waals surface area contributed by atoms with Gasteiger partial charge in [-0.1, -0.05) is 11.6 Å². The van der Waals surface area contributed by atoms with Crippen LogP contribution in [-0.4, -0.2) is 15.7 Å². The first-order valence-electron chi connectivity index (χ1n) is 6.98. The van der Waals surface area contributed by atoms with Crippen molar-refractivity contribution in [1.82, 2.24) is 15.1 Å². The van der Waals surface area contributed by atoms with Gasteiger partial charge in [-0.05, 0) is 53.2 Å². The van der Waals surface area contributed by atoms with Crippen molar-refractivity contribution < 1.29 is 9.18 Å². The Bertz CT molecular complexity index is 891. The Balaban J connectivity index is 1.83. The highest BCUT2D eigenvalue weighted by Gasteiger charge is 2.21. The van der Waals surface area contributed by atoms with Gasteiger partial charge in [0.25, 0.3) is 5.91 Å². The normalized spacial score (nSPS) is 10.8. The number of nitrogens with one attached hydrogen (secondary N) is 1. The molecule has 0 unspecified atom stereocenters. The zero-order valence-corrected chi connectivity index (χ0v) is 15.7. The van der Waals surface area contributed by atoms with Crippen molar-refractivity contribution in [1.29, 1.82) is 0 Å². The summed E-state index contributed by atoms with van der Waals surface area (Å²) in [6, 6.07) is 7.69. The zero-order chi connectivity index (χ0) is 17.3. The molecule has 24 heavy (non-hydrogen) atoms. The Morgan fingerprint density at radius 3 is 2.75 bits per heavy atom. The average Bonchev–Trinajstić information content (AvgIpc) is 3.09. The largest absolute Gasteiger partial charge is 0.347 e. The molecule has 3 aromatic rings. The Hall–Kier alpha value is -1.70. The second-order valence-electron chi connectivity index (χ2n) is 5.05. The van der Waals surface area contributed by atoms with Crippen LogP contribution >= 0.6 is 38.9 Å². The summed E-state index contributed by atoms with van der Waals surface area (Å²) < 4.78 is 15.5. The molecule has 0 bridgehead atoms. The number of carbonyl (C=O) groups excluding carboxylic acids is 1. The first-order chi connectivity index (χ1) is 11.5. The van der Waals surface area contributed by atoms with Gasteiger partial charge in [-0.25, -0.2) is 9.07 Å². The van der Waals surface area contributed by atoms with Gasteiger partial charge in [0.05, 0.1) is 23.5 Å². The van der Waals surface area contributed by atoms with E-state index in [0.29, 0.717) is 23.5 Å². The van der Waals surface area contributed by atoms with E-state index in [1.54, 1.807) is 30.4 Å². The molecule has 4 nitrogen and oxygen atoms in total. The molecule has 0 spiro atoms. The monoisotopic (exact) mass is 427 g/mol. The SMILES string of the molecule is Cc1nn(-c2ccc(F)cc2)c(Cl)c1C(=O)NCc1cc(Br)cs1. The smallest absolute Gasteiger partial charge is 0.256 e. The highest BCUT2D eigenvalue weighted by molar-refractivity contribution is 9.10. The molecule has 0 aliphatic rings. The van der Waals surface area contributed by atoms with E-state index in [1.165, 1.54) is 16.8 Å². The standard InChI is InChI=1S/C16H12BrClFN3OS/c1-9-14(16(23)20-7-13-6-10(17)8-24-13)15(18)22(21-9)12-4-2-11(19)3-5-12/h2-6,8H,7H2,1H3,(H,20,23). The van der Waals surface area contributed by atoms with Crippen molar-refractivity contribution in [3.8, 4) is 5.69 Å². The lowest BCUT2D eigenvalue weighted by atomic mass is 10.2. The maximum Gasteiger partial charge on any atom is 0.256 e. The molecular weight excluding hydrogens is 417 g/mol. The molecule has 2 heterocycles. The molecule has 0 radical (unpaired) electrons. The van der Waals surface area contributed by atoms with Crippen molar-refractivity contribution in [2.24, 2.45) is 0 Å². The van der Waals surface area contributed by atoms with Gasteiger partial charge in [-0.15, -0.1) is 11.3 Å². The fourth-order valence-corrected chi connectivity index (χ4v) is 3.96. The highest BCUT2D eigenvalue weighted by Crippen LogP contribution is 2.24. The number of hydrogen-bond acceptors (Lipinski definition) is 3. The van der Waals surface area contributed by atoms with Crippen molar-refractivity contribution in [2.75, 3.05) is 0 Å². The summed E-state index contributed by atoms with van der Waals surface area (Å²) in [6.45, 7) is 2.12. The molecule has 0 atom stereocenters. The van der Waals surface area contributed by atoms with Crippen molar-refractivity contribution >= 4 is 44.8 Å². The van der Waals surface area contributed by atoms with Crippen LogP contribution in [0.3, 0.4) is 0 Å². The molecule has 3 rings (SSSR count). The molecule has 0 aliphatic carbocycles. The van der Waals surface area contributed by atoms with Crippen LogP contribution in [0.25, 0.3) is 5.69 Å². The Morgan fingerprint density at radius 1 is 1.42 bits per heavy atom. The van der Waals surface area contributed by atoms with E-state index >= 15 is 0 Å². The molecule has 0 saturated heterocycles. The van der Waals surface area contributed by atoms with E-state index in [2.05, 4.69) is 26.3 Å². The van der Waals surface area contributed by atoms with Gasteiger partial charge >= 0.3 is 0 Å². The topological polar surface area (TPSA) is 46.9 Å². The fraction of sp³-hybridized carbons (Fsp3) is 0.125. The molecule has 8 heteroatoms. The third-order valence-corrected chi connectivity index (χ3v) is 5.39. The maximum atomic E-state index is 13.0. The number of hydrogen-bond donors (Lipinski definition) is 1. The number of thiophene rings is 1. The summed E-state index contributed by atoms with van der Waals surface area (Å²) in [6.07, 6.45) is 0. The summed E-state index contributed by atoms with van der Waals surface area (Å²) in [7, 11) is 0. The number of rotatable bonds is 4. The minimum atomic E-state index is -0.348. The van der Waals surface area contributed by atoms with Gasteiger partial charge in [0, 0.05) is 14.7 Å². The van der Waals surface area contributed by atoms with E-state index in [9.17, 15) is 9.18 Å². The number of carbonyl (C=O) groups is 1. The molecule has 1 aromatic carbocycles. The number of halogens is 3. The van der Waals surface area contributed by atoms with Crippen LogP contribution in [0, 0.1) is 12.7 Å². The summed E-state index contributed by atoms with van der Waals surface area (Å²) in [4.78, 5) is 13.5. The molecule has 2 aromatic heterocycles. The van der Waals surface area contributed by atoms with Crippen molar-refractivity contribution in [2.45, 2.75) is 13.5 Å². The van der Waals surface area contributed by atoms with Crippen LogP contribution in [0.15, 0.2) is 40.2 Å². The lowest BCUT2D eigenvalue weighted by molar-refractivity contribution is 0.0951. The molecule has 0 aliphatic heterocycles. The van der Waals surface area contributed by atoms with Gasteiger partial charge in [0.2, 0.25) is 0 Å². The summed E-state index contributed by atoms with van der Waals surface area (Å²) in [5.74, 6) is -0.644. The lowest BCUT2D eigenvalue weighted by Crippen LogP contribution is -2.23. The lowest BCUT2D eigenvalue weighted by Gasteiger charge is -2.05. The predicted octanol–water partition coefficient (Wildman–Crippen LogP) is 4.73. The van der Waals surface area contributed by atoms with Gasteiger partial charge in [-0.2, -0.15) is 5.10 Å². The summed E-state index contributed by atoms with van der Waals surface area (Å²) >= 11 is 11.3. The van der Waals surface area contributed by atoms with Gasteiger partial charge < -0.3 is 5.32 Å². The minimum Gasteiger partial charge on any atom is -0.347 e.